The Bertz CT molecular complexity index is 597. The van der Waals surface area contributed by atoms with Gasteiger partial charge in [-0.2, -0.15) is 0 Å². The maximum absolute atomic E-state index is 5.13. The van der Waals surface area contributed by atoms with Crippen LogP contribution in [0.1, 0.15) is 11.1 Å². The van der Waals surface area contributed by atoms with Crippen LogP contribution in [-0.4, -0.2) is 28.9 Å². The van der Waals surface area contributed by atoms with E-state index in [2.05, 4.69) is 65.6 Å². The second-order valence-corrected chi connectivity index (χ2v) is 6.32. The molecule has 0 aromatic heterocycles. The Morgan fingerprint density at radius 3 is 2.05 bits per heavy atom. The first-order chi connectivity index (χ1) is 9.88. The molecule has 2 aliphatic heterocycles. The summed E-state index contributed by atoms with van der Waals surface area (Å²) >= 11 is 1.88. The highest BCUT2D eigenvalue weighted by Crippen LogP contribution is 2.42. The van der Waals surface area contributed by atoms with Crippen molar-refractivity contribution in [2.75, 3.05) is 18.8 Å². The van der Waals surface area contributed by atoms with Crippen molar-refractivity contribution in [3.63, 3.8) is 0 Å². The molecule has 0 unspecified atom stereocenters. The van der Waals surface area contributed by atoms with E-state index in [9.17, 15) is 0 Å². The van der Waals surface area contributed by atoms with Crippen molar-refractivity contribution in [3.05, 3.63) is 71.8 Å². The summed E-state index contributed by atoms with van der Waals surface area (Å²) in [7, 11) is 0. The SMILES string of the molecule is c1ccc(C2(c3ccccc3)CN3CCSC3=N2)cc1. The van der Waals surface area contributed by atoms with E-state index < -0.39 is 0 Å². The second kappa shape index (κ2) is 4.67. The fourth-order valence-corrected chi connectivity index (χ4v) is 4.12. The highest BCUT2D eigenvalue weighted by molar-refractivity contribution is 8.14. The molecule has 0 radical (unpaired) electrons. The highest BCUT2D eigenvalue weighted by atomic mass is 32.2. The van der Waals surface area contributed by atoms with Crippen molar-refractivity contribution in [1.29, 1.82) is 0 Å². The monoisotopic (exact) mass is 280 g/mol. The lowest BCUT2D eigenvalue weighted by Gasteiger charge is -2.28. The molecule has 0 spiro atoms. The molecule has 0 saturated carbocycles. The van der Waals surface area contributed by atoms with Gasteiger partial charge in [-0.25, -0.2) is 4.99 Å². The highest BCUT2D eigenvalue weighted by Gasteiger charge is 2.43. The molecule has 1 saturated heterocycles. The van der Waals surface area contributed by atoms with Crippen molar-refractivity contribution >= 4 is 16.9 Å². The number of amidine groups is 1. The number of aliphatic imine (C=N–C) groups is 1. The molecule has 2 heterocycles. The van der Waals surface area contributed by atoms with Crippen molar-refractivity contribution in [1.82, 2.24) is 4.90 Å². The molecule has 2 aromatic carbocycles. The van der Waals surface area contributed by atoms with Crippen LogP contribution in [0.2, 0.25) is 0 Å². The third-order valence-corrected chi connectivity index (χ3v) is 5.07. The number of rotatable bonds is 2. The van der Waals surface area contributed by atoms with Crippen LogP contribution in [0.3, 0.4) is 0 Å². The Labute approximate surface area is 123 Å². The van der Waals surface area contributed by atoms with E-state index in [1.807, 2.05) is 11.8 Å². The zero-order chi connectivity index (χ0) is 13.4. The summed E-state index contributed by atoms with van der Waals surface area (Å²) < 4.78 is 0. The van der Waals surface area contributed by atoms with Crippen LogP contribution in [0.25, 0.3) is 0 Å². The standard InChI is InChI=1S/C17H16N2S/c1-3-7-14(8-4-1)17(15-9-5-2-6-10-15)13-19-11-12-20-16(19)18-17/h1-10H,11-13H2. The predicted octanol–water partition coefficient (Wildman–Crippen LogP) is 3.35. The molecule has 3 heteroatoms. The first-order valence-electron chi connectivity index (χ1n) is 6.97. The summed E-state index contributed by atoms with van der Waals surface area (Å²) in [4.78, 5) is 7.55. The van der Waals surface area contributed by atoms with E-state index in [1.165, 1.54) is 22.0 Å². The van der Waals surface area contributed by atoms with Gasteiger partial charge in [0, 0.05) is 12.3 Å². The Hall–Kier alpha value is -1.74. The minimum absolute atomic E-state index is 0.231. The number of fused-ring (bicyclic) bond motifs is 1. The third kappa shape index (κ3) is 1.77. The zero-order valence-corrected chi connectivity index (χ0v) is 12.0. The number of benzene rings is 2. The second-order valence-electron chi connectivity index (χ2n) is 5.26. The third-order valence-electron chi connectivity index (χ3n) is 4.07. The lowest BCUT2D eigenvalue weighted by atomic mass is 9.83. The minimum atomic E-state index is -0.231. The van der Waals surface area contributed by atoms with Crippen LogP contribution >= 0.6 is 11.8 Å². The predicted molar refractivity (Wildman–Crippen MR) is 85.1 cm³/mol. The van der Waals surface area contributed by atoms with Gasteiger partial charge >= 0.3 is 0 Å². The first-order valence-corrected chi connectivity index (χ1v) is 7.96. The van der Waals surface area contributed by atoms with E-state index in [4.69, 9.17) is 4.99 Å². The van der Waals surface area contributed by atoms with Gasteiger partial charge in [0.1, 0.15) is 5.54 Å². The fraction of sp³-hybridized carbons (Fsp3) is 0.235. The first kappa shape index (κ1) is 12.0. The summed E-state index contributed by atoms with van der Waals surface area (Å²) in [5, 5.41) is 1.21. The molecule has 2 aliphatic rings. The zero-order valence-electron chi connectivity index (χ0n) is 11.2. The Morgan fingerprint density at radius 1 is 0.900 bits per heavy atom. The van der Waals surface area contributed by atoms with Crippen LogP contribution < -0.4 is 0 Å². The maximum atomic E-state index is 5.13. The summed E-state index contributed by atoms with van der Waals surface area (Å²) in [5.41, 5.74) is 2.34. The molecule has 2 nitrogen and oxygen atoms in total. The average Bonchev–Trinajstić information content (AvgIpc) is 3.09. The van der Waals surface area contributed by atoms with Gasteiger partial charge in [0.2, 0.25) is 0 Å². The largest absolute Gasteiger partial charge is 0.347 e. The molecule has 0 aliphatic carbocycles. The van der Waals surface area contributed by atoms with Crippen LogP contribution in [0.15, 0.2) is 65.7 Å². The summed E-state index contributed by atoms with van der Waals surface area (Å²) in [6, 6.07) is 21.4. The van der Waals surface area contributed by atoms with Gasteiger partial charge in [-0.1, -0.05) is 72.4 Å². The topological polar surface area (TPSA) is 15.6 Å². The van der Waals surface area contributed by atoms with Crippen molar-refractivity contribution in [2.24, 2.45) is 4.99 Å². The molecule has 100 valence electrons. The van der Waals surface area contributed by atoms with E-state index in [0.717, 1.165) is 13.1 Å². The molecule has 0 N–H and O–H groups in total. The van der Waals surface area contributed by atoms with Crippen molar-refractivity contribution < 1.29 is 0 Å². The van der Waals surface area contributed by atoms with Gasteiger partial charge in [0.25, 0.3) is 0 Å². The van der Waals surface area contributed by atoms with Gasteiger partial charge < -0.3 is 4.90 Å². The molecule has 1 fully saturated rings. The fourth-order valence-electron chi connectivity index (χ4n) is 3.06. The van der Waals surface area contributed by atoms with Gasteiger partial charge in [0.05, 0.1) is 6.54 Å². The van der Waals surface area contributed by atoms with E-state index in [0.29, 0.717) is 0 Å². The van der Waals surface area contributed by atoms with Gasteiger partial charge in [-0.15, -0.1) is 0 Å². The lowest BCUT2D eigenvalue weighted by molar-refractivity contribution is 0.404. The summed E-state index contributed by atoms with van der Waals surface area (Å²) in [6.07, 6.45) is 0. The van der Waals surface area contributed by atoms with E-state index in [-0.39, 0.29) is 5.54 Å². The Balaban J connectivity index is 1.89. The molecular weight excluding hydrogens is 264 g/mol. The smallest absolute Gasteiger partial charge is 0.160 e. The van der Waals surface area contributed by atoms with Crippen LogP contribution in [0.4, 0.5) is 0 Å². The van der Waals surface area contributed by atoms with Crippen LogP contribution in [-0.2, 0) is 5.54 Å². The normalized spacial score (nSPS) is 19.8. The molecule has 0 atom stereocenters. The number of hydrogen-bond acceptors (Lipinski definition) is 3. The summed E-state index contributed by atoms with van der Waals surface area (Å²) in [6.45, 7) is 2.08. The number of hydrogen-bond donors (Lipinski definition) is 0. The summed E-state index contributed by atoms with van der Waals surface area (Å²) in [5.74, 6) is 1.17. The van der Waals surface area contributed by atoms with Gasteiger partial charge in [-0.3, -0.25) is 0 Å². The van der Waals surface area contributed by atoms with Crippen molar-refractivity contribution in [2.45, 2.75) is 5.54 Å². The lowest BCUT2D eigenvalue weighted by Crippen LogP contribution is -2.33. The van der Waals surface area contributed by atoms with Gasteiger partial charge in [-0.05, 0) is 11.1 Å². The van der Waals surface area contributed by atoms with Crippen LogP contribution in [0.5, 0.6) is 0 Å². The quantitative estimate of drug-likeness (QED) is 0.838. The molecule has 4 rings (SSSR count). The molecule has 2 aromatic rings. The van der Waals surface area contributed by atoms with Crippen molar-refractivity contribution in [3.8, 4) is 0 Å². The van der Waals surface area contributed by atoms with Gasteiger partial charge in [0.15, 0.2) is 5.17 Å². The Morgan fingerprint density at radius 2 is 1.50 bits per heavy atom. The van der Waals surface area contributed by atoms with E-state index in [1.54, 1.807) is 0 Å². The maximum Gasteiger partial charge on any atom is 0.160 e. The molecule has 20 heavy (non-hydrogen) atoms. The Kier molecular flexibility index (Phi) is 2.81. The molecule has 0 amide bonds. The number of thioether (sulfide) groups is 1. The van der Waals surface area contributed by atoms with Crippen LogP contribution in [0, 0.1) is 0 Å². The average molecular weight is 280 g/mol. The molecular formula is C17H16N2S. The van der Waals surface area contributed by atoms with E-state index >= 15 is 0 Å². The number of nitrogens with zero attached hydrogens (tertiary/aromatic N) is 2. The molecule has 0 bridgehead atoms. The minimum Gasteiger partial charge on any atom is -0.347 e.